The molecule has 2 heterocycles. The summed E-state index contributed by atoms with van der Waals surface area (Å²) in [6.45, 7) is -0.0876. The van der Waals surface area contributed by atoms with E-state index in [4.69, 9.17) is 4.74 Å². The van der Waals surface area contributed by atoms with Crippen LogP contribution < -0.4 is 4.74 Å². The maximum absolute atomic E-state index is 9.25. The van der Waals surface area contributed by atoms with Crippen molar-refractivity contribution >= 4 is 5.65 Å². The molecule has 19 heavy (non-hydrogen) atoms. The fraction of sp³-hybridized carbons (Fsp3) is 0.143. The van der Waals surface area contributed by atoms with E-state index in [1.54, 1.807) is 17.8 Å². The van der Waals surface area contributed by atoms with Gasteiger partial charge in [0, 0.05) is 5.56 Å². The minimum atomic E-state index is -0.0876. The maximum atomic E-state index is 9.25. The van der Waals surface area contributed by atoms with Gasteiger partial charge in [-0.05, 0) is 24.3 Å². The van der Waals surface area contributed by atoms with Gasteiger partial charge in [0.05, 0.1) is 31.3 Å². The maximum Gasteiger partial charge on any atom is 0.153 e. The smallest absolute Gasteiger partial charge is 0.153 e. The number of nitrogens with zero attached hydrogens (tertiary/aromatic N) is 3. The number of aromatic nitrogens is 3. The van der Waals surface area contributed by atoms with Gasteiger partial charge in [-0.3, -0.25) is 0 Å². The van der Waals surface area contributed by atoms with Gasteiger partial charge in [-0.25, -0.2) is 9.50 Å². The van der Waals surface area contributed by atoms with Crippen LogP contribution in [-0.4, -0.2) is 26.8 Å². The molecule has 0 saturated heterocycles. The summed E-state index contributed by atoms with van der Waals surface area (Å²) in [5, 5.41) is 13.7. The van der Waals surface area contributed by atoms with Gasteiger partial charge in [0.1, 0.15) is 5.75 Å². The van der Waals surface area contributed by atoms with E-state index in [1.807, 2.05) is 36.4 Å². The average molecular weight is 255 g/mol. The second-order valence-electron chi connectivity index (χ2n) is 4.13. The minimum absolute atomic E-state index is 0.0876. The van der Waals surface area contributed by atoms with Crippen molar-refractivity contribution in [1.29, 1.82) is 0 Å². The lowest BCUT2D eigenvalue weighted by Gasteiger charge is -2.05. The van der Waals surface area contributed by atoms with E-state index in [9.17, 15) is 5.11 Å². The van der Waals surface area contributed by atoms with E-state index in [-0.39, 0.29) is 6.61 Å². The molecule has 1 N–H and O–H groups in total. The third-order valence-electron chi connectivity index (χ3n) is 2.96. The predicted molar refractivity (Wildman–Crippen MR) is 70.9 cm³/mol. The first-order chi connectivity index (χ1) is 9.31. The van der Waals surface area contributed by atoms with Gasteiger partial charge < -0.3 is 9.84 Å². The van der Waals surface area contributed by atoms with Crippen LogP contribution in [0.2, 0.25) is 0 Å². The Kier molecular flexibility index (Phi) is 2.89. The Labute approximate surface area is 110 Å². The number of ether oxygens (including phenoxy) is 1. The molecule has 0 fully saturated rings. The summed E-state index contributed by atoms with van der Waals surface area (Å²) in [7, 11) is 1.63. The minimum Gasteiger partial charge on any atom is -0.497 e. The number of rotatable bonds is 3. The lowest BCUT2D eigenvalue weighted by Crippen LogP contribution is -1.99. The Morgan fingerprint density at radius 3 is 2.95 bits per heavy atom. The molecule has 0 bridgehead atoms. The van der Waals surface area contributed by atoms with Gasteiger partial charge in [0.25, 0.3) is 0 Å². The van der Waals surface area contributed by atoms with Crippen molar-refractivity contribution in [2.45, 2.75) is 6.61 Å². The number of imidazole rings is 1. The second-order valence-corrected chi connectivity index (χ2v) is 4.13. The molecule has 5 heteroatoms. The van der Waals surface area contributed by atoms with E-state index in [0.717, 1.165) is 22.7 Å². The number of hydrogen-bond donors (Lipinski definition) is 1. The van der Waals surface area contributed by atoms with Crippen LogP contribution in [0.1, 0.15) is 5.69 Å². The summed E-state index contributed by atoms with van der Waals surface area (Å²) < 4.78 is 6.85. The molecule has 0 saturated carbocycles. The zero-order valence-electron chi connectivity index (χ0n) is 10.4. The molecule has 3 aromatic rings. The Morgan fingerprint density at radius 1 is 1.26 bits per heavy atom. The number of benzene rings is 1. The number of aliphatic hydroxyl groups is 1. The summed E-state index contributed by atoms with van der Waals surface area (Å²) in [6.07, 6.45) is 1.62. The van der Waals surface area contributed by atoms with E-state index in [0.29, 0.717) is 5.69 Å². The average Bonchev–Trinajstić information content (AvgIpc) is 2.89. The molecule has 3 rings (SSSR count). The molecule has 1 aromatic carbocycles. The highest BCUT2D eigenvalue weighted by atomic mass is 16.5. The largest absolute Gasteiger partial charge is 0.497 e. The van der Waals surface area contributed by atoms with Gasteiger partial charge >= 0.3 is 0 Å². The summed E-state index contributed by atoms with van der Waals surface area (Å²) >= 11 is 0. The van der Waals surface area contributed by atoms with Crippen LogP contribution in [0.3, 0.4) is 0 Å². The molecule has 0 aliphatic rings. The van der Waals surface area contributed by atoms with Crippen LogP contribution in [0.4, 0.5) is 0 Å². The fourth-order valence-electron chi connectivity index (χ4n) is 1.96. The van der Waals surface area contributed by atoms with Crippen LogP contribution in [0.15, 0.2) is 42.6 Å². The first kappa shape index (κ1) is 11.7. The lowest BCUT2D eigenvalue weighted by molar-refractivity contribution is 0.274. The van der Waals surface area contributed by atoms with Gasteiger partial charge in [-0.2, -0.15) is 5.10 Å². The predicted octanol–water partition coefficient (Wildman–Crippen LogP) is 1.90. The number of hydrogen-bond acceptors (Lipinski definition) is 4. The van der Waals surface area contributed by atoms with Crippen molar-refractivity contribution in [3.8, 4) is 17.0 Å². The summed E-state index contributed by atoms with van der Waals surface area (Å²) in [6, 6.07) is 11.5. The van der Waals surface area contributed by atoms with Gasteiger partial charge in [-0.15, -0.1) is 0 Å². The van der Waals surface area contributed by atoms with Crippen molar-refractivity contribution in [2.24, 2.45) is 0 Å². The third kappa shape index (κ3) is 2.04. The van der Waals surface area contributed by atoms with Crippen molar-refractivity contribution in [3.63, 3.8) is 0 Å². The highest BCUT2D eigenvalue weighted by molar-refractivity contribution is 5.62. The van der Waals surface area contributed by atoms with Crippen LogP contribution in [0, 0.1) is 0 Å². The molecule has 0 radical (unpaired) electrons. The number of aliphatic hydroxyl groups excluding tert-OH is 1. The van der Waals surface area contributed by atoms with Crippen molar-refractivity contribution in [1.82, 2.24) is 14.6 Å². The SMILES string of the molecule is COc1cccc(-c2ccc3ncc(CO)n3n2)c1. The van der Waals surface area contributed by atoms with Crippen molar-refractivity contribution < 1.29 is 9.84 Å². The molecular formula is C14H13N3O2. The van der Waals surface area contributed by atoms with Gasteiger partial charge in [0.2, 0.25) is 0 Å². The van der Waals surface area contributed by atoms with Gasteiger partial charge in [0.15, 0.2) is 5.65 Å². The standard InChI is InChI=1S/C14H13N3O2/c1-19-12-4-2-3-10(7-12)13-5-6-14-15-8-11(9-18)17(14)16-13/h2-8,18H,9H2,1H3. The van der Waals surface area contributed by atoms with Crippen LogP contribution in [0.5, 0.6) is 5.75 Å². The van der Waals surface area contributed by atoms with E-state index < -0.39 is 0 Å². The molecule has 0 amide bonds. The summed E-state index contributed by atoms with van der Waals surface area (Å²) in [5.41, 5.74) is 3.15. The lowest BCUT2D eigenvalue weighted by atomic mass is 10.1. The molecule has 0 aliphatic carbocycles. The number of fused-ring (bicyclic) bond motifs is 1. The molecule has 2 aromatic heterocycles. The quantitative estimate of drug-likeness (QED) is 0.776. The molecule has 0 spiro atoms. The molecule has 96 valence electrons. The summed E-state index contributed by atoms with van der Waals surface area (Å²) in [5.74, 6) is 0.785. The fourth-order valence-corrected chi connectivity index (χ4v) is 1.96. The monoisotopic (exact) mass is 255 g/mol. The van der Waals surface area contributed by atoms with Crippen LogP contribution in [-0.2, 0) is 6.61 Å². The molecular weight excluding hydrogens is 242 g/mol. The Bertz CT molecular complexity index is 722. The van der Waals surface area contributed by atoms with Crippen molar-refractivity contribution in [2.75, 3.05) is 7.11 Å². The zero-order chi connectivity index (χ0) is 13.2. The molecule has 0 unspecified atom stereocenters. The third-order valence-corrected chi connectivity index (χ3v) is 2.96. The number of methoxy groups -OCH3 is 1. The van der Waals surface area contributed by atoms with E-state index >= 15 is 0 Å². The van der Waals surface area contributed by atoms with Crippen LogP contribution >= 0.6 is 0 Å². The van der Waals surface area contributed by atoms with Crippen molar-refractivity contribution in [3.05, 3.63) is 48.3 Å². The molecule has 5 nitrogen and oxygen atoms in total. The Balaban J connectivity index is 2.13. The Morgan fingerprint density at radius 2 is 2.16 bits per heavy atom. The second kappa shape index (κ2) is 4.70. The molecule has 0 aliphatic heterocycles. The topological polar surface area (TPSA) is 59.7 Å². The summed E-state index contributed by atoms with van der Waals surface area (Å²) in [4.78, 5) is 4.17. The molecule has 0 atom stereocenters. The Hall–Kier alpha value is -2.40. The van der Waals surface area contributed by atoms with Gasteiger partial charge in [-0.1, -0.05) is 12.1 Å². The van der Waals surface area contributed by atoms with E-state index in [2.05, 4.69) is 10.1 Å². The highest BCUT2D eigenvalue weighted by Crippen LogP contribution is 2.22. The first-order valence-corrected chi connectivity index (χ1v) is 5.91. The van der Waals surface area contributed by atoms with E-state index in [1.165, 1.54) is 0 Å². The first-order valence-electron chi connectivity index (χ1n) is 5.91. The highest BCUT2D eigenvalue weighted by Gasteiger charge is 2.06. The zero-order valence-corrected chi connectivity index (χ0v) is 10.4. The van der Waals surface area contributed by atoms with Crippen LogP contribution in [0.25, 0.3) is 16.9 Å². The normalized spacial score (nSPS) is 10.8.